The topological polar surface area (TPSA) is 24.7 Å². The van der Waals surface area contributed by atoms with Crippen LogP contribution in [0, 0.1) is 5.92 Å². The van der Waals surface area contributed by atoms with Crippen molar-refractivity contribution in [3.8, 4) is 0 Å². The molecule has 0 aromatic carbocycles. The molecule has 2 nitrogen and oxygen atoms in total. The molecule has 82 valence electrons. The maximum absolute atomic E-state index is 4.02. The predicted molar refractivity (Wildman–Crippen MR) is 60.4 cm³/mol. The normalized spacial score (nSPS) is 17.7. The number of hydrogen-bond donors (Lipinski definition) is 0. The summed E-state index contributed by atoms with van der Waals surface area (Å²) in [5, 5.41) is 8.03. The molecular formula is C12H24N2. The highest BCUT2D eigenvalue weighted by Crippen LogP contribution is 2.32. The van der Waals surface area contributed by atoms with Crippen LogP contribution < -0.4 is 0 Å². The zero-order valence-electron chi connectivity index (χ0n) is 9.92. The summed E-state index contributed by atoms with van der Waals surface area (Å²) in [7, 11) is 0. The molecule has 0 aromatic heterocycles. The van der Waals surface area contributed by atoms with Gasteiger partial charge >= 0.3 is 0 Å². The van der Waals surface area contributed by atoms with Gasteiger partial charge in [-0.3, -0.25) is 0 Å². The molecular weight excluding hydrogens is 172 g/mol. The summed E-state index contributed by atoms with van der Waals surface area (Å²) in [6.07, 6.45) is 9.42. The lowest BCUT2D eigenvalue weighted by molar-refractivity contribution is 0.493. The van der Waals surface area contributed by atoms with Crippen LogP contribution in [0.2, 0.25) is 0 Å². The van der Waals surface area contributed by atoms with Crippen molar-refractivity contribution >= 4 is 0 Å². The molecule has 14 heavy (non-hydrogen) atoms. The number of rotatable bonds is 8. The highest BCUT2D eigenvalue weighted by Gasteiger charge is 2.32. The van der Waals surface area contributed by atoms with E-state index >= 15 is 0 Å². The van der Waals surface area contributed by atoms with Gasteiger partial charge in [0.15, 0.2) is 5.66 Å². The van der Waals surface area contributed by atoms with Gasteiger partial charge in [0.05, 0.1) is 0 Å². The molecule has 0 saturated heterocycles. The molecule has 0 spiro atoms. The lowest BCUT2D eigenvalue weighted by atomic mass is 10.0. The summed E-state index contributed by atoms with van der Waals surface area (Å²) in [5.74, 6) is 0.873. The number of unbranched alkanes of at least 4 members (excludes halogenated alkanes) is 4. The van der Waals surface area contributed by atoms with Gasteiger partial charge in [-0.15, -0.1) is 0 Å². The van der Waals surface area contributed by atoms with Crippen LogP contribution in [0.3, 0.4) is 0 Å². The minimum absolute atomic E-state index is 0.0396. The van der Waals surface area contributed by atoms with Gasteiger partial charge in [0.2, 0.25) is 0 Å². The van der Waals surface area contributed by atoms with E-state index < -0.39 is 0 Å². The highest BCUT2D eigenvalue weighted by atomic mass is 15.4. The fourth-order valence-electron chi connectivity index (χ4n) is 1.73. The summed E-state index contributed by atoms with van der Waals surface area (Å²) in [6.45, 7) is 6.72. The zero-order chi connectivity index (χ0) is 10.4. The van der Waals surface area contributed by atoms with Crippen LogP contribution in [0.25, 0.3) is 0 Å². The van der Waals surface area contributed by atoms with Crippen molar-refractivity contribution in [3.05, 3.63) is 0 Å². The maximum Gasteiger partial charge on any atom is 0.188 e. The summed E-state index contributed by atoms with van der Waals surface area (Å²) in [5.41, 5.74) is 0.0396. The van der Waals surface area contributed by atoms with Gasteiger partial charge in [0.1, 0.15) is 0 Å². The Morgan fingerprint density at radius 1 is 0.929 bits per heavy atom. The van der Waals surface area contributed by atoms with Gasteiger partial charge in [-0.25, -0.2) is 0 Å². The second-order valence-electron chi connectivity index (χ2n) is 5.12. The van der Waals surface area contributed by atoms with Gasteiger partial charge in [0.25, 0.3) is 0 Å². The molecule has 0 unspecified atom stereocenters. The Morgan fingerprint density at radius 3 is 2.07 bits per heavy atom. The molecule has 0 N–H and O–H groups in total. The SMILES string of the molecule is CC(C)CCCCCCCC1(C)N=N1. The number of hydrogen-bond acceptors (Lipinski definition) is 2. The molecule has 0 radical (unpaired) electrons. The van der Waals surface area contributed by atoms with Gasteiger partial charge in [-0.2, -0.15) is 10.2 Å². The Balaban J connectivity index is 1.76. The molecule has 0 aromatic rings. The van der Waals surface area contributed by atoms with Crippen molar-refractivity contribution in [1.82, 2.24) is 0 Å². The van der Waals surface area contributed by atoms with Crippen molar-refractivity contribution in [2.75, 3.05) is 0 Å². The smallest absolute Gasteiger partial charge is 0.159 e. The van der Waals surface area contributed by atoms with E-state index in [-0.39, 0.29) is 5.66 Å². The van der Waals surface area contributed by atoms with Gasteiger partial charge < -0.3 is 0 Å². The van der Waals surface area contributed by atoms with Gasteiger partial charge in [-0.05, 0) is 25.7 Å². The molecule has 0 fully saturated rings. The Morgan fingerprint density at radius 2 is 1.50 bits per heavy atom. The molecule has 0 atom stereocenters. The Hall–Kier alpha value is -0.400. The Labute approximate surface area is 88.2 Å². The van der Waals surface area contributed by atoms with E-state index in [1.807, 2.05) is 0 Å². The summed E-state index contributed by atoms with van der Waals surface area (Å²) in [4.78, 5) is 0. The first kappa shape index (κ1) is 11.7. The van der Waals surface area contributed by atoms with Crippen LogP contribution in [0.4, 0.5) is 0 Å². The average Bonchev–Trinajstić information content (AvgIpc) is 2.82. The monoisotopic (exact) mass is 196 g/mol. The van der Waals surface area contributed by atoms with E-state index in [4.69, 9.17) is 0 Å². The van der Waals surface area contributed by atoms with Crippen molar-refractivity contribution in [2.45, 2.75) is 71.4 Å². The van der Waals surface area contributed by atoms with Crippen molar-refractivity contribution in [1.29, 1.82) is 0 Å². The van der Waals surface area contributed by atoms with Gasteiger partial charge in [0, 0.05) is 0 Å². The standard InChI is InChI=1S/C12H24N2/c1-11(2)9-7-5-4-6-8-10-12(3)13-14-12/h11H,4-10H2,1-3H3. The Bertz CT molecular complexity index is 179. The quantitative estimate of drug-likeness (QED) is 0.509. The van der Waals surface area contributed by atoms with Crippen LogP contribution in [0.15, 0.2) is 10.2 Å². The van der Waals surface area contributed by atoms with Crippen LogP contribution in [-0.4, -0.2) is 5.66 Å². The number of nitrogens with zero attached hydrogens (tertiary/aromatic N) is 2. The first-order valence-corrected chi connectivity index (χ1v) is 6.06. The molecule has 0 amide bonds. The molecule has 1 rings (SSSR count). The molecule has 1 aliphatic heterocycles. The molecule has 1 aliphatic rings. The van der Waals surface area contributed by atoms with E-state index in [2.05, 4.69) is 31.0 Å². The van der Waals surface area contributed by atoms with Crippen LogP contribution >= 0.6 is 0 Å². The molecule has 0 bridgehead atoms. The second-order valence-corrected chi connectivity index (χ2v) is 5.12. The van der Waals surface area contributed by atoms with E-state index in [1.165, 1.54) is 38.5 Å². The zero-order valence-corrected chi connectivity index (χ0v) is 9.92. The van der Waals surface area contributed by atoms with Crippen LogP contribution in [-0.2, 0) is 0 Å². The average molecular weight is 196 g/mol. The minimum atomic E-state index is 0.0396. The van der Waals surface area contributed by atoms with Crippen molar-refractivity contribution < 1.29 is 0 Å². The molecule has 0 aliphatic carbocycles. The summed E-state index contributed by atoms with van der Waals surface area (Å²) >= 11 is 0. The summed E-state index contributed by atoms with van der Waals surface area (Å²) in [6, 6.07) is 0. The van der Waals surface area contributed by atoms with Crippen molar-refractivity contribution in [3.63, 3.8) is 0 Å². The first-order chi connectivity index (χ1) is 6.62. The van der Waals surface area contributed by atoms with Crippen molar-refractivity contribution in [2.24, 2.45) is 16.1 Å². The van der Waals surface area contributed by atoms with E-state index in [9.17, 15) is 0 Å². The molecule has 1 heterocycles. The largest absolute Gasteiger partial charge is 0.188 e. The fourth-order valence-corrected chi connectivity index (χ4v) is 1.73. The Kier molecular flexibility index (Phi) is 4.56. The van der Waals surface area contributed by atoms with Crippen LogP contribution in [0.1, 0.15) is 65.7 Å². The minimum Gasteiger partial charge on any atom is -0.159 e. The third-order valence-electron chi connectivity index (χ3n) is 2.87. The second kappa shape index (κ2) is 5.47. The highest BCUT2D eigenvalue weighted by molar-refractivity contribution is 4.87. The van der Waals surface area contributed by atoms with Crippen LogP contribution in [0.5, 0.6) is 0 Å². The summed E-state index contributed by atoms with van der Waals surface area (Å²) < 4.78 is 0. The predicted octanol–water partition coefficient (Wildman–Crippen LogP) is 4.56. The van der Waals surface area contributed by atoms with E-state index in [0.29, 0.717) is 0 Å². The third kappa shape index (κ3) is 5.36. The van der Waals surface area contributed by atoms with Gasteiger partial charge in [-0.1, -0.05) is 46.0 Å². The van der Waals surface area contributed by atoms with E-state index in [1.54, 1.807) is 0 Å². The third-order valence-corrected chi connectivity index (χ3v) is 2.87. The maximum atomic E-state index is 4.02. The fraction of sp³-hybridized carbons (Fsp3) is 1.00. The molecule has 0 saturated carbocycles. The first-order valence-electron chi connectivity index (χ1n) is 6.06. The molecule has 2 heteroatoms. The lowest BCUT2D eigenvalue weighted by Gasteiger charge is -2.05. The lowest BCUT2D eigenvalue weighted by Crippen LogP contribution is -2.02. The van der Waals surface area contributed by atoms with E-state index in [0.717, 1.165) is 12.3 Å².